The molecule has 2 atom stereocenters. The van der Waals surface area contributed by atoms with Crippen molar-refractivity contribution in [3.05, 3.63) is 95.6 Å². The van der Waals surface area contributed by atoms with Crippen LogP contribution in [-0.4, -0.2) is 32.5 Å². The molecule has 8 heteroatoms. The molecule has 7 nitrogen and oxygen atoms in total. The molecular formula is C26H29N3O4S. The first-order valence-electron chi connectivity index (χ1n) is 10.9. The minimum absolute atomic E-state index is 0.237. The highest BCUT2D eigenvalue weighted by molar-refractivity contribution is 7.92. The molecule has 2 amide bonds. The van der Waals surface area contributed by atoms with E-state index in [4.69, 9.17) is 0 Å². The number of sulfonamides is 1. The van der Waals surface area contributed by atoms with Gasteiger partial charge in [-0.3, -0.25) is 13.9 Å². The summed E-state index contributed by atoms with van der Waals surface area (Å²) < 4.78 is 26.1. The Bertz CT molecular complexity index is 1260. The Balaban J connectivity index is 1.81. The average molecular weight is 480 g/mol. The van der Waals surface area contributed by atoms with Crippen LogP contribution in [0.2, 0.25) is 0 Å². The first-order chi connectivity index (χ1) is 16.1. The Morgan fingerprint density at radius 1 is 0.853 bits per heavy atom. The number of amides is 2. The molecule has 0 unspecified atom stereocenters. The number of hydrogen-bond acceptors (Lipinski definition) is 4. The third-order valence-electron chi connectivity index (χ3n) is 5.45. The Kier molecular flexibility index (Phi) is 7.73. The van der Waals surface area contributed by atoms with E-state index in [2.05, 4.69) is 10.6 Å². The molecule has 0 aromatic heterocycles. The van der Waals surface area contributed by atoms with Gasteiger partial charge in [0.1, 0.15) is 6.04 Å². The van der Waals surface area contributed by atoms with Crippen molar-refractivity contribution in [2.45, 2.75) is 32.9 Å². The number of carbonyl (C=O) groups is 2. The molecule has 3 rings (SSSR count). The highest BCUT2D eigenvalue weighted by Crippen LogP contribution is 2.23. The molecule has 0 aliphatic rings. The Morgan fingerprint density at radius 3 is 2.06 bits per heavy atom. The number of aryl methyl sites for hydroxylation is 1. The van der Waals surface area contributed by atoms with Crippen molar-refractivity contribution in [2.75, 3.05) is 15.9 Å². The maximum atomic E-state index is 13.1. The summed E-state index contributed by atoms with van der Waals surface area (Å²) >= 11 is 0. The fraction of sp³-hybridized carbons (Fsp3) is 0.231. The van der Waals surface area contributed by atoms with Crippen LogP contribution in [0.15, 0.2) is 78.9 Å². The number of para-hydroxylation sites is 1. The van der Waals surface area contributed by atoms with E-state index < -0.39 is 22.0 Å². The molecule has 0 saturated carbocycles. The van der Waals surface area contributed by atoms with Gasteiger partial charge in [0.25, 0.3) is 5.91 Å². The van der Waals surface area contributed by atoms with Gasteiger partial charge in [-0.1, -0.05) is 60.2 Å². The molecule has 178 valence electrons. The number of nitrogens with zero attached hydrogens (tertiary/aromatic N) is 1. The van der Waals surface area contributed by atoms with Crippen LogP contribution >= 0.6 is 0 Å². The van der Waals surface area contributed by atoms with Crippen LogP contribution in [-0.2, 0) is 14.8 Å². The van der Waals surface area contributed by atoms with Crippen LogP contribution in [0.25, 0.3) is 0 Å². The zero-order chi connectivity index (χ0) is 24.9. The van der Waals surface area contributed by atoms with E-state index in [1.54, 1.807) is 48.5 Å². The minimum atomic E-state index is -3.75. The molecule has 0 radical (unpaired) electrons. The van der Waals surface area contributed by atoms with E-state index in [1.165, 1.54) is 6.92 Å². The van der Waals surface area contributed by atoms with Crippen LogP contribution in [0.1, 0.15) is 41.4 Å². The van der Waals surface area contributed by atoms with E-state index >= 15 is 0 Å². The Labute approximate surface area is 200 Å². The summed E-state index contributed by atoms with van der Waals surface area (Å²) in [5.41, 5.74) is 2.90. The summed E-state index contributed by atoms with van der Waals surface area (Å²) in [7, 11) is -3.75. The topological polar surface area (TPSA) is 95.6 Å². The molecule has 0 saturated heterocycles. The third-order valence-corrected chi connectivity index (χ3v) is 6.70. The number of rotatable bonds is 8. The van der Waals surface area contributed by atoms with E-state index in [1.807, 2.05) is 44.2 Å². The van der Waals surface area contributed by atoms with E-state index in [0.717, 1.165) is 21.7 Å². The van der Waals surface area contributed by atoms with Gasteiger partial charge in [0.2, 0.25) is 15.9 Å². The number of anilines is 2. The molecule has 3 aromatic carbocycles. The number of nitrogens with one attached hydrogen (secondary N) is 2. The zero-order valence-electron chi connectivity index (χ0n) is 19.6. The lowest BCUT2D eigenvalue weighted by atomic mass is 10.1. The van der Waals surface area contributed by atoms with Gasteiger partial charge in [-0.15, -0.1) is 0 Å². The van der Waals surface area contributed by atoms with Crippen LogP contribution in [0.3, 0.4) is 0 Å². The summed E-state index contributed by atoms with van der Waals surface area (Å²) in [5, 5.41) is 5.67. The van der Waals surface area contributed by atoms with Gasteiger partial charge in [0.15, 0.2) is 0 Å². The summed E-state index contributed by atoms with van der Waals surface area (Å²) in [6, 6.07) is 21.8. The van der Waals surface area contributed by atoms with E-state index in [0.29, 0.717) is 11.4 Å². The van der Waals surface area contributed by atoms with Gasteiger partial charge in [0, 0.05) is 0 Å². The molecular weight excluding hydrogens is 450 g/mol. The molecule has 0 spiro atoms. The predicted molar refractivity (Wildman–Crippen MR) is 135 cm³/mol. The maximum absolute atomic E-state index is 13.1. The lowest BCUT2D eigenvalue weighted by Gasteiger charge is -2.28. The highest BCUT2D eigenvalue weighted by atomic mass is 32.2. The summed E-state index contributed by atoms with van der Waals surface area (Å²) in [6.07, 6.45) is 1.06. The van der Waals surface area contributed by atoms with Crippen molar-refractivity contribution in [3.8, 4) is 0 Å². The fourth-order valence-corrected chi connectivity index (χ4v) is 4.80. The van der Waals surface area contributed by atoms with Crippen molar-refractivity contribution in [3.63, 3.8) is 0 Å². The standard InChI is InChI=1S/C26H29N3O4S/c1-18-14-16-22(17-15-18)29(34(4,32)33)20(3)25(30)28-24-13-9-8-12-23(24)26(31)27-19(2)21-10-6-5-7-11-21/h5-17,19-20H,1-4H3,(H,27,31)(H,28,30)/t19-,20+/m0/s1. The second kappa shape index (κ2) is 10.5. The van der Waals surface area contributed by atoms with E-state index in [-0.39, 0.29) is 17.5 Å². The fourth-order valence-electron chi connectivity index (χ4n) is 3.63. The molecule has 0 aliphatic carbocycles. The van der Waals surface area contributed by atoms with Gasteiger partial charge in [-0.25, -0.2) is 8.42 Å². The van der Waals surface area contributed by atoms with Gasteiger partial charge in [0.05, 0.1) is 29.2 Å². The zero-order valence-corrected chi connectivity index (χ0v) is 20.5. The van der Waals surface area contributed by atoms with Crippen molar-refractivity contribution >= 4 is 33.2 Å². The number of carbonyl (C=O) groups excluding carboxylic acids is 2. The summed E-state index contributed by atoms with van der Waals surface area (Å²) in [5.74, 6) is -0.902. The van der Waals surface area contributed by atoms with Crippen LogP contribution < -0.4 is 14.9 Å². The average Bonchev–Trinajstić information content (AvgIpc) is 2.80. The molecule has 34 heavy (non-hydrogen) atoms. The van der Waals surface area contributed by atoms with Crippen LogP contribution in [0.4, 0.5) is 11.4 Å². The lowest BCUT2D eigenvalue weighted by molar-refractivity contribution is -0.116. The first kappa shape index (κ1) is 25.0. The third kappa shape index (κ3) is 6.02. The Hall–Kier alpha value is -3.65. The first-order valence-corrected chi connectivity index (χ1v) is 12.7. The molecule has 0 heterocycles. The smallest absolute Gasteiger partial charge is 0.253 e. The van der Waals surface area contributed by atoms with Gasteiger partial charge in [-0.05, 0) is 50.6 Å². The molecule has 0 fully saturated rings. The van der Waals surface area contributed by atoms with Crippen molar-refractivity contribution in [1.29, 1.82) is 0 Å². The second-order valence-corrected chi connectivity index (χ2v) is 10.1. The second-order valence-electron chi connectivity index (χ2n) is 8.21. The van der Waals surface area contributed by atoms with Crippen molar-refractivity contribution in [2.24, 2.45) is 0 Å². The lowest BCUT2D eigenvalue weighted by Crippen LogP contribution is -2.45. The summed E-state index contributed by atoms with van der Waals surface area (Å²) in [6.45, 7) is 5.28. The van der Waals surface area contributed by atoms with E-state index in [9.17, 15) is 18.0 Å². The van der Waals surface area contributed by atoms with Crippen molar-refractivity contribution < 1.29 is 18.0 Å². The molecule has 0 bridgehead atoms. The molecule has 3 aromatic rings. The van der Waals surface area contributed by atoms with Crippen molar-refractivity contribution in [1.82, 2.24) is 5.32 Å². The molecule has 0 aliphatic heterocycles. The van der Waals surface area contributed by atoms with Gasteiger partial charge >= 0.3 is 0 Å². The maximum Gasteiger partial charge on any atom is 0.253 e. The number of hydrogen-bond donors (Lipinski definition) is 2. The largest absolute Gasteiger partial charge is 0.345 e. The normalized spacial score (nSPS) is 12.9. The predicted octanol–water partition coefficient (Wildman–Crippen LogP) is 4.28. The quantitative estimate of drug-likeness (QED) is 0.504. The van der Waals surface area contributed by atoms with Crippen LogP contribution in [0.5, 0.6) is 0 Å². The molecule has 2 N–H and O–H groups in total. The monoisotopic (exact) mass is 479 g/mol. The van der Waals surface area contributed by atoms with Gasteiger partial charge in [-0.2, -0.15) is 0 Å². The summed E-state index contributed by atoms with van der Waals surface area (Å²) in [4.78, 5) is 26.1. The minimum Gasteiger partial charge on any atom is -0.345 e. The highest BCUT2D eigenvalue weighted by Gasteiger charge is 2.29. The van der Waals surface area contributed by atoms with Crippen LogP contribution in [0, 0.1) is 6.92 Å². The number of benzene rings is 3. The van der Waals surface area contributed by atoms with Gasteiger partial charge < -0.3 is 10.6 Å². The Morgan fingerprint density at radius 2 is 1.44 bits per heavy atom. The SMILES string of the molecule is Cc1ccc(N([C@H](C)C(=O)Nc2ccccc2C(=O)N[C@@H](C)c2ccccc2)S(C)(=O)=O)cc1.